The van der Waals surface area contributed by atoms with Gasteiger partial charge in [-0.25, -0.2) is 0 Å². The highest BCUT2D eigenvalue weighted by molar-refractivity contribution is 7.14. The standard InChI is InChI=1S/C14H18N2O3S/c1-10-8-12(20-11(10)6-4-5-7-17)14(19)16(3)9-13(18)15-2/h8,17H,5,7,9H2,1-3H3,(H,15,18). The monoisotopic (exact) mass is 294 g/mol. The van der Waals surface area contributed by atoms with Crippen molar-refractivity contribution in [2.45, 2.75) is 13.3 Å². The summed E-state index contributed by atoms with van der Waals surface area (Å²) < 4.78 is 0. The van der Waals surface area contributed by atoms with Gasteiger partial charge in [0.2, 0.25) is 5.91 Å². The second-order valence-electron chi connectivity index (χ2n) is 4.23. The Balaban J connectivity index is 2.82. The van der Waals surface area contributed by atoms with Crippen LogP contribution in [0.25, 0.3) is 0 Å². The van der Waals surface area contributed by atoms with Crippen LogP contribution in [0.15, 0.2) is 6.07 Å². The molecular formula is C14H18N2O3S. The Morgan fingerprint density at radius 1 is 1.50 bits per heavy atom. The van der Waals surface area contributed by atoms with E-state index in [1.54, 1.807) is 13.1 Å². The Kier molecular flexibility index (Phi) is 6.22. The molecule has 5 nitrogen and oxygen atoms in total. The molecule has 0 atom stereocenters. The topological polar surface area (TPSA) is 69.6 Å². The van der Waals surface area contributed by atoms with Crippen LogP contribution in [0.3, 0.4) is 0 Å². The van der Waals surface area contributed by atoms with Gasteiger partial charge in [-0.1, -0.05) is 11.8 Å². The van der Waals surface area contributed by atoms with Crippen LogP contribution >= 0.6 is 11.3 Å². The van der Waals surface area contributed by atoms with Crippen LogP contribution in [0, 0.1) is 18.8 Å². The van der Waals surface area contributed by atoms with Crippen molar-refractivity contribution in [1.29, 1.82) is 0 Å². The third-order valence-electron chi connectivity index (χ3n) is 2.57. The Morgan fingerprint density at radius 3 is 2.80 bits per heavy atom. The van der Waals surface area contributed by atoms with Crippen LogP contribution in [-0.2, 0) is 4.79 Å². The average molecular weight is 294 g/mol. The molecule has 0 aliphatic heterocycles. The van der Waals surface area contributed by atoms with Crippen LogP contribution in [0.1, 0.15) is 26.5 Å². The molecule has 6 heteroatoms. The number of nitrogens with one attached hydrogen (secondary N) is 1. The van der Waals surface area contributed by atoms with Crippen molar-refractivity contribution in [3.63, 3.8) is 0 Å². The second-order valence-corrected chi connectivity index (χ2v) is 5.28. The summed E-state index contributed by atoms with van der Waals surface area (Å²) in [5, 5.41) is 11.2. The zero-order chi connectivity index (χ0) is 15.1. The zero-order valence-electron chi connectivity index (χ0n) is 11.8. The lowest BCUT2D eigenvalue weighted by Crippen LogP contribution is -2.36. The summed E-state index contributed by atoms with van der Waals surface area (Å²) in [6.45, 7) is 1.94. The first kappa shape index (κ1) is 16.2. The molecule has 1 aromatic rings. The number of likely N-dealkylation sites (N-methyl/N-ethyl adjacent to an activating group) is 2. The molecule has 20 heavy (non-hydrogen) atoms. The van der Waals surface area contributed by atoms with Crippen LogP contribution in [0.4, 0.5) is 0 Å². The average Bonchev–Trinajstić information content (AvgIpc) is 2.79. The van der Waals surface area contributed by atoms with E-state index in [9.17, 15) is 9.59 Å². The number of aliphatic hydroxyl groups excluding tert-OH is 1. The van der Waals surface area contributed by atoms with Crippen LogP contribution in [0.5, 0.6) is 0 Å². The molecule has 0 fully saturated rings. The summed E-state index contributed by atoms with van der Waals surface area (Å²) in [7, 11) is 3.12. The minimum absolute atomic E-state index is 0.0256. The first-order valence-electron chi connectivity index (χ1n) is 6.15. The maximum absolute atomic E-state index is 12.2. The van der Waals surface area contributed by atoms with Gasteiger partial charge in [-0.15, -0.1) is 11.3 Å². The van der Waals surface area contributed by atoms with E-state index >= 15 is 0 Å². The third-order valence-corrected chi connectivity index (χ3v) is 3.71. The number of aryl methyl sites for hydroxylation is 1. The molecule has 0 aliphatic rings. The summed E-state index contributed by atoms with van der Waals surface area (Å²) in [6.07, 6.45) is 0.414. The van der Waals surface area contributed by atoms with Crippen molar-refractivity contribution in [3.8, 4) is 11.8 Å². The van der Waals surface area contributed by atoms with Gasteiger partial charge in [0.05, 0.1) is 22.9 Å². The normalized spacial score (nSPS) is 9.60. The molecule has 0 saturated carbocycles. The fourth-order valence-electron chi connectivity index (χ4n) is 1.46. The van der Waals surface area contributed by atoms with Crippen molar-refractivity contribution >= 4 is 23.2 Å². The number of rotatable bonds is 4. The highest BCUT2D eigenvalue weighted by Crippen LogP contribution is 2.22. The lowest BCUT2D eigenvalue weighted by Gasteiger charge is -2.14. The SMILES string of the molecule is CNC(=O)CN(C)C(=O)c1cc(C)c(C#CCCO)s1. The molecular weight excluding hydrogens is 276 g/mol. The van der Waals surface area contributed by atoms with Crippen molar-refractivity contribution in [1.82, 2.24) is 10.2 Å². The number of nitrogens with zero attached hydrogens (tertiary/aromatic N) is 1. The fraction of sp³-hybridized carbons (Fsp3) is 0.429. The number of aliphatic hydroxyl groups is 1. The predicted octanol–water partition coefficient (Wildman–Crippen LogP) is 0.608. The van der Waals surface area contributed by atoms with Gasteiger partial charge in [0.1, 0.15) is 0 Å². The highest BCUT2D eigenvalue weighted by atomic mass is 32.1. The molecule has 2 N–H and O–H groups in total. The molecule has 108 valence electrons. The Hall–Kier alpha value is -1.84. The van der Waals surface area contributed by atoms with Gasteiger partial charge in [-0.05, 0) is 18.6 Å². The predicted molar refractivity (Wildman–Crippen MR) is 78.7 cm³/mol. The van der Waals surface area contributed by atoms with E-state index in [-0.39, 0.29) is 25.0 Å². The van der Waals surface area contributed by atoms with Crippen LogP contribution in [0.2, 0.25) is 0 Å². The van der Waals surface area contributed by atoms with E-state index in [0.717, 1.165) is 10.4 Å². The Labute approximate surface area is 122 Å². The largest absolute Gasteiger partial charge is 0.395 e. The number of carbonyl (C=O) groups is 2. The zero-order valence-corrected chi connectivity index (χ0v) is 12.6. The molecule has 0 saturated heterocycles. The first-order chi connectivity index (χ1) is 9.49. The number of thiophene rings is 1. The maximum Gasteiger partial charge on any atom is 0.264 e. The molecule has 1 rings (SSSR count). The van der Waals surface area contributed by atoms with Crippen LogP contribution < -0.4 is 5.32 Å². The molecule has 0 aromatic carbocycles. The van der Waals surface area contributed by atoms with Gasteiger partial charge >= 0.3 is 0 Å². The molecule has 2 amide bonds. The molecule has 1 aromatic heterocycles. The lowest BCUT2D eigenvalue weighted by atomic mass is 10.2. The molecule has 0 aliphatic carbocycles. The number of carbonyl (C=O) groups excluding carboxylic acids is 2. The minimum Gasteiger partial charge on any atom is -0.395 e. The summed E-state index contributed by atoms with van der Waals surface area (Å²) in [6, 6.07) is 1.77. The number of hydrogen-bond donors (Lipinski definition) is 2. The van der Waals surface area contributed by atoms with E-state index in [1.165, 1.54) is 23.3 Å². The smallest absolute Gasteiger partial charge is 0.264 e. The van der Waals surface area contributed by atoms with Gasteiger partial charge in [0.15, 0.2) is 0 Å². The second kappa shape index (κ2) is 7.68. The van der Waals surface area contributed by atoms with Crippen molar-refractivity contribution < 1.29 is 14.7 Å². The van der Waals surface area contributed by atoms with E-state index in [1.807, 2.05) is 6.92 Å². The lowest BCUT2D eigenvalue weighted by molar-refractivity contribution is -0.121. The van der Waals surface area contributed by atoms with E-state index in [2.05, 4.69) is 17.2 Å². The van der Waals surface area contributed by atoms with Crippen molar-refractivity contribution in [2.75, 3.05) is 27.2 Å². The quantitative estimate of drug-likeness (QED) is 0.799. The van der Waals surface area contributed by atoms with E-state index in [0.29, 0.717) is 11.3 Å². The molecule has 1 heterocycles. The van der Waals surface area contributed by atoms with E-state index in [4.69, 9.17) is 5.11 Å². The summed E-state index contributed by atoms with van der Waals surface area (Å²) in [5.41, 5.74) is 0.928. The van der Waals surface area contributed by atoms with Gasteiger partial charge in [-0.2, -0.15) is 0 Å². The Morgan fingerprint density at radius 2 is 2.20 bits per heavy atom. The van der Waals surface area contributed by atoms with Gasteiger partial charge < -0.3 is 15.3 Å². The van der Waals surface area contributed by atoms with E-state index < -0.39 is 0 Å². The maximum atomic E-state index is 12.2. The molecule has 0 bridgehead atoms. The Bertz CT molecular complexity index is 555. The van der Waals surface area contributed by atoms with Gasteiger partial charge in [0, 0.05) is 20.5 Å². The van der Waals surface area contributed by atoms with Gasteiger partial charge in [0.25, 0.3) is 5.91 Å². The third kappa shape index (κ3) is 4.37. The summed E-state index contributed by atoms with van der Waals surface area (Å²) in [5.74, 6) is 5.37. The van der Waals surface area contributed by atoms with Crippen molar-refractivity contribution in [2.24, 2.45) is 0 Å². The fourth-order valence-corrected chi connectivity index (χ4v) is 2.51. The summed E-state index contributed by atoms with van der Waals surface area (Å²) in [4.78, 5) is 26.2. The van der Waals surface area contributed by atoms with Crippen molar-refractivity contribution in [3.05, 3.63) is 21.4 Å². The highest BCUT2D eigenvalue weighted by Gasteiger charge is 2.17. The molecule has 0 spiro atoms. The number of hydrogen-bond acceptors (Lipinski definition) is 4. The number of amides is 2. The summed E-state index contributed by atoms with van der Waals surface area (Å²) >= 11 is 1.30. The first-order valence-corrected chi connectivity index (χ1v) is 6.97. The molecule has 0 unspecified atom stereocenters. The molecule has 0 radical (unpaired) electrons. The van der Waals surface area contributed by atoms with Crippen LogP contribution in [-0.4, -0.2) is 49.1 Å². The van der Waals surface area contributed by atoms with Gasteiger partial charge in [-0.3, -0.25) is 9.59 Å². The minimum atomic E-state index is -0.211.